The molecule has 1 unspecified atom stereocenters. The van der Waals surface area contributed by atoms with E-state index in [2.05, 4.69) is 4.72 Å². The lowest BCUT2D eigenvalue weighted by molar-refractivity contribution is -0.149. The van der Waals surface area contributed by atoms with Crippen molar-refractivity contribution < 1.29 is 22.7 Å². The van der Waals surface area contributed by atoms with E-state index in [1.54, 1.807) is 36.1 Å². The van der Waals surface area contributed by atoms with Gasteiger partial charge in [-0.1, -0.05) is 12.1 Å². The second kappa shape index (κ2) is 7.65. The highest BCUT2D eigenvalue weighted by Crippen LogP contribution is 2.23. The molecule has 1 aromatic rings. The number of sulfonamides is 1. The first-order valence-electron chi connectivity index (χ1n) is 7.84. The molecule has 0 radical (unpaired) electrons. The number of nitrogens with zero attached hydrogens (tertiary/aromatic N) is 1. The Labute approximate surface area is 142 Å². The third kappa shape index (κ3) is 4.70. The maximum Gasteiger partial charge on any atom is 0.310 e. The number of benzene rings is 1. The minimum Gasteiger partial charge on any atom is -0.466 e. The third-order valence-electron chi connectivity index (χ3n) is 3.78. The second-order valence-corrected chi connectivity index (χ2v) is 7.51. The van der Waals surface area contributed by atoms with Crippen molar-refractivity contribution in [1.82, 2.24) is 4.90 Å². The minimum absolute atomic E-state index is 0.239. The first-order valence-corrected chi connectivity index (χ1v) is 9.73. The molecule has 0 spiro atoms. The van der Waals surface area contributed by atoms with E-state index < -0.39 is 10.0 Å². The van der Waals surface area contributed by atoms with Crippen LogP contribution in [0.4, 0.5) is 5.69 Å². The molecule has 2 rings (SSSR count). The molecule has 1 aromatic carbocycles. The summed E-state index contributed by atoms with van der Waals surface area (Å²) in [6.07, 6.45) is 2.43. The Hall–Kier alpha value is -2.09. The van der Waals surface area contributed by atoms with Gasteiger partial charge >= 0.3 is 5.97 Å². The van der Waals surface area contributed by atoms with Gasteiger partial charge in [-0.2, -0.15) is 0 Å². The Kier molecular flexibility index (Phi) is 5.82. The predicted molar refractivity (Wildman–Crippen MR) is 90.2 cm³/mol. The SMILES string of the molecule is CCOC(=O)C1CCCN(C(=O)c2ccccc2NS(C)(=O)=O)C1. The molecule has 0 bridgehead atoms. The number of carbonyl (C=O) groups excluding carboxylic acids is 2. The zero-order valence-corrected chi connectivity index (χ0v) is 14.6. The van der Waals surface area contributed by atoms with Crippen LogP contribution in [0.15, 0.2) is 24.3 Å². The summed E-state index contributed by atoms with van der Waals surface area (Å²) >= 11 is 0. The monoisotopic (exact) mass is 354 g/mol. The van der Waals surface area contributed by atoms with E-state index in [0.29, 0.717) is 26.0 Å². The topological polar surface area (TPSA) is 92.8 Å². The Bertz CT molecular complexity index is 717. The molecule has 1 amide bonds. The van der Waals surface area contributed by atoms with Gasteiger partial charge in [-0.25, -0.2) is 8.42 Å². The largest absolute Gasteiger partial charge is 0.466 e. The Balaban J connectivity index is 2.18. The molecule has 0 aromatic heterocycles. The van der Waals surface area contributed by atoms with Crippen LogP contribution in [0.25, 0.3) is 0 Å². The van der Waals surface area contributed by atoms with Crippen molar-refractivity contribution in [2.24, 2.45) is 5.92 Å². The summed E-state index contributed by atoms with van der Waals surface area (Å²) in [6, 6.07) is 6.44. The molecule has 7 nitrogen and oxygen atoms in total. The summed E-state index contributed by atoms with van der Waals surface area (Å²) in [4.78, 5) is 26.3. The maximum absolute atomic E-state index is 12.8. The van der Waals surface area contributed by atoms with Crippen molar-refractivity contribution in [1.29, 1.82) is 0 Å². The summed E-state index contributed by atoms with van der Waals surface area (Å²) < 4.78 is 30.3. The number of anilines is 1. The van der Waals surface area contributed by atoms with Crippen LogP contribution in [0.5, 0.6) is 0 Å². The summed E-state index contributed by atoms with van der Waals surface area (Å²) in [5, 5.41) is 0. The number of likely N-dealkylation sites (tertiary alicyclic amines) is 1. The fourth-order valence-corrected chi connectivity index (χ4v) is 3.32. The van der Waals surface area contributed by atoms with Gasteiger partial charge in [0.05, 0.1) is 30.0 Å². The van der Waals surface area contributed by atoms with Crippen molar-refractivity contribution in [2.45, 2.75) is 19.8 Å². The lowest BCUT2D eigenvalue weighted by atomic mass is 9.97. The number of piperidine rings is 1. The predicted octanol–water partition coefficient (Wildman–Crippen LogP) is 1.47. The highest BCUT2D eigenvalue weighted by molar-refractivity contribution is 7.92. The molecular weight excluding hydrogens is 332 g/mol. The molecule has 1 atom stereocenters. The van der Waals surface area contributed by atoms with Gasteiger partial charge in [0.15, 0.2) is 0 Å². The van der Waals surface area contributed by atoms with Crippen molar-refractivity contribution in [3.05, 3.63) is 29.8 Å². The number of nitrogens with one attached hydrogen (secondary N) is 1. The van der Waals surface area contributed by atoms with Gasteiger partial charge in [0.25, 0.3) is 5.91 Å². The van der Waals surface area contributed by atoms with Crippen LogP contribution in [0.1, 0.15) is 30.1 Å². The normalized spacial score (nSPS) is 18.1. The van der Waals surface area contributed by atoms with Crippen LogP contribution in [-0.4, -0.2) is 51.1 Å². The Morgan fingerprint density at radius 2 is 2.04 bits per heavy atom. The molecule has 1 aliphatic heterocycles. The van der Waals surface area contributed by atoms with Gasteiger partial charge in [-0.05, 0) is 31.9 Å². The zero-order chi connectivity index (χ0) is 17.7. The molecule has 1 aliphatic rings. The standard InChI is InChI=1S/C16H22N2O5S/c1-3-23-16(20)12-7-6-10-18(11-12)15(19)13-8-4-5-9-14(13)17-24(2,21)22/h4-5,8-9,12,17H,3,6-7,10-11H2,1-2H3. The fourth-order valence-electron chi connectivity index (χ4n) is 2.74. The quantitative estimate of drug-likeness (QED) is 0.809. The number of esters is 1. The van der Waals surface area contributed by atoms with E-state index in [-0.39, 0.29) is 35.6 Å². The summed E-state index contributed by atoms with van der Waals surface area (Å²) in [7, 11) is -3.49. The number of rotatable bonds is 5. The summed E-state index contributed by atoms with van der Waals surface area (Å²) in [5.41, 5.74) is 0.510. The van der Waals surface area contributed by atoms with Crippen molar-refractivity contribution in [3.8, 4) is 0 Å². The van der Waals surface area contributed by atoms with Gasteiger partial charge in [0.1, 0.15) is 0 Å². The highest BCUT2D eigenvalue weighted by atomic mass is 32.2. The van der Waals surface area contributed by atoms with E-state index in [9.17, 15) is 18.0 Å². The first kappa shape index (κ1) is 18.3. The number of hydrogen-bond donors (Lipinski definition) is 1. The van der Waals surface area contributed by atoms with Gasteiger partial charge in [-0.3, -0.25) is 14.3 Å². The van der Waals surface area contributed by atoms with Crippen molar-refractivity contribution in [2.75, 3.05) is 30.7 Å². The lowest BCUT2D eigenvalue weighted by Crippen LogP contribution is -2.43. The van der Waals surface area contributed by atoms with E-state index in [4.69, 9.17) is 4.74 Å². The van der Waals surface area contributed by atoms with Crippen LogP contribution < -0.4 is 4.72 Å². The Morgan fingerprint density at radius 3 is 2.71 bits per heavy atom. The van der Waals surface area contributed by atoms with Crippen molar-refractivity contribution >= 4 is 27.6 Å². The van der Waals surface area contributed by atoms with Gasteiger partial charge in [0.2, 0.25) is 10.0 Å². The van der Waals surface area contributed by atoms with Crippen LogP contribution in [0, 0.1) is 5.92 Å². The van der Waals surface area contributed by atoms with Crippen molar-refractivity contribution in [3.63, 3.8) is 0 Å². The first-order chi connectivity index (χ1) is 11.3. The number of ether oxygens (including phenoxy) is 1. The van der Waals surface area contributed by atoms with Crippen LogP contribution >= 0.6 is 0 Å². The van der Waals surface area contributed by atoms with E-state index >= 15 is 0 Å². The minimum atomic E-state index is -3.49. The summed E-state index contributed by atoms with van der Waals surface area (Å²) in [5.74, 6) is -0.925. The van der Waals surface area contributed by atoms with E-state index in [1.165, 1.54) is 0 Å². The highest BCUT2D eigenvalue weighted by Gasteiger charge is 2.30. The van der Waals surface area contributed by atoms with Crippen LogP contribution in [0.2, 0.25) is 0 Å². The van der Waals surface area contributed by atoms with Gasteiger partial charge in [0, 0.05) is 13.1 Å². The molecule has 0 aliphatic carbocycles. The third-order valence-corrected chi connectivity index (χ3v) is 4.37. The molecule has 1 saturated heterocycles. The van der Waals surface area contributed by atoms with E-state index in [1.807, 2.05) is 0 Å². The summed E-state index contributed by atoms with van der Waals surface area (Å²) in [6.45, 7) is 2.87. The Morgan fingerprint density at radius 1 is 1.33 bits per heavy atom. The molecule has 1 fully saturated rings. The van der Waals surface area contributed by atoms with Crippen LogP contribution in [0.3, 0.4) is 0 Å². The fraction of sp³-hybridized carbons (Fsp3) is 0.500. The molecule has 1 heterocycles. The molecular formula is C16H22N2O5S. The average molecular weight is 354 g/mol. The van der Waals surface area contributed by atoms with Gasteiger partial charge in [-0.15, -0.1) is 0 Å². The number of carbonyl (C=O) groups is 2. The van der Waals surface area contributed by atoms with Crippen LogP contribution in [-0.2, 0) is 19.6 Å². The molecule has 132 valence electrons. The number of para-hydroxylation sites is 1. The lowest BCUT2D eigenvalue weighted by Gasteiger charge is -2.32. The number of amides is 1. The average Bonchev–Trinajstić information content (AvgIpc) is 2.53. The second-order valence-electron chi connectivity index (χ2n) is 5.76. The molecule has 0 saturated carbocycles. The maximum atomic E-state index is 12.8. The van der Waals surface area contributed by atoms with Gasteiger partial charge < -0.3 is 9.64 Å². The molecule has 1 N–H and O–H groups in total. The molecule has 24 heavy (non-hydrogen) atoms. The zero-order valence-electron chi connectivity index (χ0n) is 13.8. The smallest absolute Gasteiger partial charge is 0.310 e. The number of hydrogen-bond acceptors (Lipinski definition) is 5. The van der Waals surface area contributed by atoms with E-state index in [0.717, 1.165) is 6.26 Å². The molecule has 8 heteroatoms.